The van der Waals surface area contributed by atoms with Gasteiger partial charge in [-0.3, -0.25) is 9.59 Å². The zero-order chi connectivity index (χ0) is 22.2. The Bertz CT molecular complexity index is 888. The number of nitrogens with zero attached hydrogens (tertiary/aromatic N) is 1. The van der Waals surface area contributed by atoms with E-state index in [1.54, 1.807) is 30.1 Å². The van der Waals surface area contributed by atoms with E-state index >= 15 is 0 Å². The van der Waals surface area contributed by atoms with Crippen LogP contribution in [-0.4, -0.2) is 31.5 Å². The minimum Gasteiger partial charge on any atom is -0.494 e. The lowest BCUT2D eigenvalue weighted by atomic mass is 9.95. The maximum absolute atomic E-state index is 13.2. The van der Waals surface area contributed by atoms with Crippen molar-refractivity contribution in [1.82, 2.24) is 5.32 Å². The Labute approximate surface area is 185 Å². The van der Waals surface area contributed by atoms with Crippen LogP contribution in [0, 0.1) is 5.92 Å². The smallest absolute Gasteiger partial charge is 0.258 e. The maximum Gasteiger partial charge on any atom is 0.258 e. The first kappa shape index (κ1) is 22.9. The quantitative estimate of drug-likeness (QED) is 0.615. The van der Waals surface area contributed by atoms with E-state index in [1.807, 2.05) is 30.3 Å². The standard InChI is InChI=1S/C26H34N2O3/c1-19(2)16-17-31-22-13-9-10-20(18-22)26(30)28(3)24-15-8-7-14-23(24)25(29)27-21-11-5-4-6-12-21/h7-10,13-15,18-19,21H,4-6,11-12,16-17H2,1-3H3,(H,27,29). The second-order valence-electron chi connectivity index (χ2n) is 8.75. The number of para-hydroxylation sites is 1. The normalized spacial score (nSPS) is 14.3. The summed E-state index contributed by atoms with van der Waals surface area (Å²) >= 11 is 0. The number of benzene rings is 2. The molecule has 0 bridgehead atoms. The van der Waals surface area contributed by atoms with Gasteiger partial charge >= 0.3 is 0 Å². The van der Waals surface area contributed by atoms with Crippen molar-refractivity contribution in [3.8, 4) is 5.75 Å². The number of amides is 2. The third kappa shape index (κ3) is 6.33. The molecule has 0 saturated heterocycles. The highest BCUT2D eigenvalue weighted by Gasteiger charge is 2.22. The molecule has 0 radical (unpaired) electrons. The van der Waals surface area contributed by atoms with Crippen molar-refractivity contribution in [2.24, 2.45) is 5.92 Å². The summed E-state index contributed by atoms with van der Waals surface area (Å²) in [7, 11) is 1.71. The number of anilines is 1. The molecule has 1 aliphatic rings. The molecule has 1 aliphatic carbocycles. The molecule has 2 aromatic rings. The summed E-state index contributed by atoms with van der Waals surface area (Å²) in [4.78, 5) is 27.7. The number of carbonyl (C=O) groups excluding carboxylic acids is 2. The molecule has 0 aliphatic heterocycles. The Balaban J connectivity index is 1.73. The summed E-state index contributed by atoms with van der Waals surface area (Å²) < 4.78 is 5.80. The molecule has 0 atom stereocenters. The second-order valence-corrected chi connectivity index (χ2v) is 8.75. The highest BCUT2D eigenvalue weighted by Crippen LogP contribution is 2.24. The zero-order valence-corrected chi connectivity index (χ0v) is 18.9. The van der Waals surface area contributed by atoms with Gasteiger partial charge in [-0.25, -0.2) is 0 Å². The Morgan fingerprint density at radius 1 is 1.06 bits per heavy atom. The third-order valence-corrected chi connectivity index (χ3v) is 5.80. The van der Waals surface area contributed by atoms with Crippen molar-refractivity contribution in [1.29, 1.82) is 0 Å². The lowest BCUT2D eigenvalue weighted by molar-refractivity contribution is 0.0928. The van der Waals surface area contributed by atoms with E-state index in [9.17, 15) is 9.59 Å². The topological polar surface area (TPSA) is 58.6 Å². The van der Waals surface area contributed by atoms with E-state index < -0.39 is 0 Å². The second kappa shape index (κ2) is 11.0. The number of carbonyl (C=O) groups is 2. The molecule has 1 fully saturated rings. The molecule has 2 aromatic carbocycles. The molecule has 31 heavy (non-hydrogen) atoms. The maximum atomic E-state index is 13.2. The van der Waals surface area contributed by atoms with Crippen molar-refractivity contribution in [2.75, 3.05) is 18.6 Å². The molecule has 3 rings (SSSR count). The molecule has 5 heteroatoms. The Morgan fingerprint density at radius 2 is 1.81 bits per heavy atom. The SMILES string of the molecule is CC(C)CCOc1cccc(C(=O)N(C)c2ccccc2C(=O)NC2CCCCC2)c1. The van der Waals surface area contributed by atoms with Crippen LogP contribution in [0.3, 0.4) is 0 Å². The van der Waals surface area contributed by atoms with Crippen molar-refractivity contribution in [3.05, 3.63) is 59.7 Å². The molecule has 0 aromatic heterocycles. The van der Waals surface area contributed by atoms with Gasteiger partial charge in [-0.05, 0) is 55.5 Å². The Hall–Kier alpha value is -2.82. The van der Waals surface area contributed by atoms with Crippen LogP contribution in [0.5, 0.6) is 5.75 Å². The monoisotopic (exact) mass is 422 g/mol. The van der Waals surface area contributed by atoms with Crippen LogP contribution in [0.2, 0.25) is 0 Å². The molecule has 1 N–H and O–H groups in total. The van der Waals surface area contributed by atoms with Crippen LogP contribution in [0.15, 0.2) is 48.5 Å². The van der Waals surface area contributed by atoms with Gasteiger partial charge in [0.1, 0.15) is 5.75 Å². The van der Waals surface area contributed by atoms with Crippen LogP contribution < -0.4 is 15.0 Å². The van der Waals surface area contributed by atoms with E-state index in [0.29, 0.717) is 35.1 Å². The van der Waals surface area contributed by atoms with Gasteiger partial charge in [0.05, 0.1) is 17.9 Å². The minimum absolute atomic E-state index is 0.118. The number of hydrogen-bond donors (Lipinski definition) is 1. The highest BCUT2D eigenvalue weighted by molar-refractivity contribution is 6.10. The highest BCUT2D eigenvalue weighted by atomic mass is 16.5. The van der Waals surface area contributed by atoms with Gasteiger partial charge in [-0.1, -0.05) is 51.3 Å². The molecule has 1 saturated carbocycles. The fourth-order valence-electron chi connectivity index (χ4n) is 3.90. The van der Waals surface area contributed by atoms with Gasteiger partial charge in [0.15, 0.2) is 0 Å². The van der Waals surface area contributed by atoms with Crippen LogP contribution in [0.25, 0.3) is 0 Å². The van der Waals surface area contributed by atoms with Crippen LogP contribution in [0.1, 0.15) is 73.1 Å². The summed E-state index contributed by atoms with van der Waals surface area (Å²) in [6, 6.07) is 14.7. The van der Waals surface area contributed by atoms with Gasteiger partial charge in [0.2, 0.25) is 0 Å². The van der Waals surface area contributed by atoms with Gasteiger partial charge in [-0.15, -0.1) is 0 Å². The number of ether oxygens (including phenoxy) is 1. The first-order chi connectivity index (χ1) is 15.0. The molecule has 5 nitrogen and oxygen atoms in total. The molecular weight excluding hydrogens is 388 g/mol. The zero-order valence-electron chi connectivity index (χ0n) is 18.9. The van der Waals surface area contributed by atoms with E-state index in [4.69, 9.17) is 4.74 Å². The average Bonchev–Trinajstić information content (AvgIpc) is 2.78. The Morgan fingerprint density at radius 3 is 2.55 bits per heavy atom. The van der Waals surface area contributed by atoms with Crippen LogP contribution >= 0.6 is 0 Å². The molecule has 0 unspecified atom stereocenters. The summed E-state index contributed by atoms with van der Waals surface area (Å²) in [6.07, 6.45) is 6.54. The average molecular weight is 423 g/mol. The van der Waals surface area contributed by atoms with E-state index in [-0.39, 0.29) is 17.9 Å². The first-order valence-corrected chi connectivity index (χ1v) is 11.4. The molecule has 2 amide bonds. The molecule has 0 heterocycles. The number of rotatable bonds is 8. The predicted octanol–water partition coefficient (Wildman–Crippen LogP) is 5.45. The first-order valence-electron chi connectivity index (χ1n) is 11.4. The van der Waals surface area contributed by atoms with E-state index in [1.165, 1.54) is 6.42 Å². The molecular formula is C26H34N2O3. The fourth-order valence-corrected chi connectivity index (χ4v) is 3.90. The van der Waals surface area contributed by atoms with Crippen LogP contribution in [0.4, 0.5) is 5.69 Å². The van der Waals surface area contributed by atoms with E-state index in [2.05, 4.69) is 19.2 Å². The largest absolute Gasteiger partial charge is 0.494 e. The van der Waals surface area contributed by atoms with Gasteiger partial charge in [-0.2, -0.15) is 0 Å². The predicted molar refractivity (Wildman–Crippen MR) is 125 cm³/mol. The fraction of sp³-hybridized carbons (Fsp3) is 0.462. The number of hydrogen-bond acceptors (Lipinski definition) is 3. The lowest BCUT2D eigenvalue weighted by Crippen LogP contribution is -2.37. The van der Waals surface area contributed by atoms with E-state index in [0.717, 1.165) is 32.1 Å². The minimum atomic E-state index is -0.174. The van der Waals surface area contributed by atoms with Gasteiger partial charge in [0.25, 0.3) is 11.8 Å². The summed E-state index contributed by atoms with van der Waals surface area (Å²) in [5.74, 6) is 0.954. The van der Waals surface area contributed by atoms with Crippen molar-refractivity contribution < 1.29 is 14.3 Å². The Kier molecular flexibility index (Phi) is 8.10. The lowest BCUT2D eigenvalue weighted by Gasteiger charge is -2.25. The van der Waals surface area contributed by atoms with Crippen LogP contribution in [-0.2, 0) is 0 Å². The van der Waals surface area contributed by atoms with Gasteiger partial charge < -0.3 is 15.0 Å². The summed E-state index contributed by atoms with van der Waals surface area (Å²) in [6.45, 7) is 4.93. The molecule has 0 spiro atoms. The summed E-state index contributed by atoms with van der Waals surface area (Å²) in [5.41, 5.74) is 1.66. The van der Waals surface area contributed by atoms with Crippen molar-refractivity contribution in [3.63, 3.8) is 0 Å². The van der Waals surface area contributed by atoms with Gasteiger partial charge in [0, 0.05) is 18.7 Å². The molecule has 166 valence electrons. The van der Waals surface area contributed by atoms with Crippen molar-refractivity contribution in [2.45, 2.75) is 58.4 Å². The van der Waals surface area contributed by atoms with Crippen molar-refractivity contribution >= 4 is 17.5 Å². The number of nitrogens with one attached hydrogen (secondary N) is 1. The third-order valence-electron chi connectivity index (χ3n) is 5.80. The summed E-state index contributed by atoms with van der Waals surface area (Å²) in [5, 5.41) is 3.15.